The summed E-state index contributed by atoms with van der Waals surface area (Å²) in [6.45, 7) is 0. The highest BCUT2D eigenvalue weighted by Crippen LogP contribution is 2.31. The summed E-state index contributed by atoms with van der Waals surface area (Å²) in [6.07, 6.45) is 0. The van der Waals surface area contributed by atoms with Gasteiger partial charge in [0.1, 0.15) is 17.3 Å². The molecule has 1 heterocycles. The van der Waals surface area contributed by atoms with E-state index in [2.05, 4.69) is 10.2 Å². The molecule has 0 aliphatic rings. The Labute approximate surface area is 142 Å². The molecule has 0 aliphatic heterocycles. The van der Waals surface area contributed by atoms with Crippen LogP contribution in [0.25, 0.3) is 11.5 Å². The van der Waals surface area contributed by atoms with Crippen LogP contribution in [0.4, 0.5) is 4.39 Å². The summed E-state index contributed by atoms with van der Waals surface area (Å²) in [7, 11) is 3.16. The highest BCUT2D eigenvalue weighted by molar-refractivity contribution is 7.98. The summed E-state index contributed by atoms with van der Waals surface area (Å²) in [5.41, 5.74) is 1.69. The first kappa shape index (κ1) is 16.3. The topological polar surface area (TPSA) is 57.4 Å². The zero-order valence-electron chi connectivity index (χ0n) is 13.2. The molecule has 0 aliphatic carbocycles. The lowest BCUT2D eigenvalue weighted by molar-refractivity contribution is 0.394. The van der Waals surface area contributed by atoms with Gasteiger partial charge in [0, 0.05) is 17.4 Å². The van der Waals surface area contributed by atoms with Crippen molar-refractivity contribution in [2.45, 2.75) is 11.0 Å². The van der Waals surface area contributed by atoms with E-state index >= 15 is 0 Å². The quantitative estimate of drug-likeness (QED) is 0.624. The van der Waals surface area contributed by atoms with E-state index in [1.165, 1.54) is 23.9 Å². The number of hydrogen-bond acceptors (Lipinski definition) is 6. The number of nitrogens with zero attached hydrogens (tertiary/aromatic N) is 2. The van der Waals surface area contributed by atoms with E-state index in [0.717, 1.165) is 5.56 Å². The maximum atomic E-state index is 12.9. The SMILES string of the molecule is COc1cc(OC)cc(-c2nnc(SCc3ccc(F)cc3)o2)c1. The van der Waals surface area contributed by atoms with Gasteiger partial charge >= 0.3 is 0 Å². The van der Waals surface area contributed by atoms with Crippen LogP contribution in [0.15, 0.2) is 52.1 Å². The number of halogens is 1. The van der Waals surface area contributed by atoms with E-state index in [-0.39, 0.29) is 5.82 Å². The molecule has 0 fully saturated rings. The molecule has 0 amide bonds. The molecule has 0 N–H and O–H groups in total. The van der Waals surface area contributed by atoms with Crippen LogP contribution in [0.3, 0.4) is 0 Å². The summed E-state index contributed by atoms with van der Waals surface area (Å²) in [6, 6.07) is 11.7. The smallest absolute Gasteiger partial charge is 0.277 e. The van der Waals surface area contributed by atoms with Gasteiger partial charge in [-0.2, -0.15) is 0 Å². The molecule has 1 aromatic heterocycles. The van der Waals surface area contributed by atoms with Crippen LogP contribution in [0.1, 0.15) is 5.56 Å². The highest BCUT2D eigenvalue weighted by atomic mass is 32.2. The minimum atomic E-state index is -0.254. The van der Waals surface area contributed by atoms with Crippen molar-refractivity contribution in [3.8, 4) is 23.0 Å². The molecule has 5 nitrogen and oxygen atoms in total. The highest BCUT2D eigenvalue weighted by Gasteiger charge is 2.12. The van der Waals surface area contributed by atoms with Crippen molar-refractivity contribution >= 4 is 11.8 Å². The van der Waals surface area contributed by atoms with Gasteiger partial charge in [-0.1, -0.05) is 23.9 Å². The molecule has 0 saturated heterocycles. The molecule has 0 radical (unpaired) electrons. The van der Waals surface area contributed by atoms with Crippen molar-refractivity contribution in [1.82, 2.24) is 10.2 Å². The molecule has 124 valence electrons. The number of benzene rings is 2. The molecule has 3 rings (SSSR count). The fraction of sp³-hybridized carbons (Fsp3) is 0.176. The molecule has 24 heavy (non-hydrogen) atoms. The van der Waals surface area contributed by atoms with Gasteiger partial charge in [0.15, 0.2) is 0 Å². The van der Waals surface area contributed by atoms with Crippen molar-refractivity contribution in [3.05, 3.63) is 53.8 Å². The Bertz CT molecular complexity index is 799. The first-order valence-corrected chi connectivity index (χ1v) is 8.10. The van der Waals surface area contributed by atoms with Gasteiger partial charge in [0.2, 0.25) is 5.89 Å². The maximum Gasteiger partial charge on any atom is 0.277 e. The van der Waals surface area contributed by atoms with E-state index in [9.17, 15) is 4.39 Å². The van der Waals surface area contributed by atoms with Gasteiger partial charge in [-0.15, -0.1) is 10.2 Å². The third kappa shape index (κ3) is 3.86. The van der Waals surface area contributed by atoms with Crippen LogP contribution in [0.2, 0.25) is 0 Å². The van der Waals surface area contributed by atoms with Crippen molar-refractivity contribution in [2.24, 2.45) is 0 Å². The molecule has 0 atom stereocenters. The van der Waals surface area contributed by atoms with Crippen LogP contribution < -0.4 is 9.47 Å². The standard InChI is InChI=1S/C17H15FN2O3S/c1-21-14-7-12(8-15(9-14)22-2)16-19-20-17(23-16)24-10-11-3-5-13(18)6-4-11/h3-9H,10H2,1-2H3. The summed E-state index contributed by atoms with van der Waals surface area (Å²) >= 11 is 1.39. The number of ether oxygens (including phenoxy) is 2. The Morgan fingerprint density at radius 1 is 1.00 bits per heavy atom. The Morgan fingerprint density at radius 3 is 2.29 bits per heavy atom. The lowest BCUT2D eigenvalue weighted by Crippen LogP contribution is -1.88. The van der Waals surface area contributed by atoms with Gasteiger partial charge < -0.3 is 13.9 Å². The van der Waals surface area contributed by atoms with E-state index in [1.54, 1.807) is 44.6 Å². The number of aromatic nitrogens is 2. The summed E-state index contributed by atoms with van der Waals surface area (Å²) in [5.74, 6) is 2.03. The second-order valence-electron chi connectivity index (χ2n) is 4.89. The molecule has 3 aromatic rings. The summed E-state index contributed by atoms with van der Waals surface area (Å²) in [5, 5.41) is 8.52. The Hall–Kier alpha value is -2.54. The molecule has 0 spiro atoms. The predicted octanol–water partition coefficient (Wildman–Crippen LogP) is 4.19. The van der Waals surface area contributed by atoms with Crippen molar-refractivity contribution < 1.29 is 18.3 Å². The monoisotopic (exact) mass is 346 g/mol. The minimum absolute atomic E-state index is 0.254. The van der Waals surface area contributed by atoms with Gasteiger partial charge in [-0.05, 0) is 29.8 Å². The molecule has 7 heteroatoms. The lowest BCUT2D eigenvalue weighted by atomic mass is 10.2. The van der Waals surface area contributed by atoms with Crippen LogP contribution >= 0.6 is 11.8 Å². The first-order chi connectivity index (χ1) is 11.7. The molecule has 0 unspecified atom stereocenters. The molecule has 0 saturated carbocycles. The average Bonchev–Trinajstić information content (AvgIpc) is 3.10. The third-order valence-electron chi connectivity index (χ3n) is 3.28. The molecule has 2 aromatic carbocycles. The Morgan fingerprint density at radius 2 is 1.67 bits per heavy atom. The largest absolute Gasteiger partial charge is 0.497 e. The summed E-state index contributed by atoms with van der Waals surface area (Å²) < 4.78 is 29.0. The number of rotatable bonds is 6. The number of thioether (sulfide) groups is 1. The average molecular weight is 346 g/mol. The van der Waals surface area contributed by atoms with Crippen LogP contribution in [-0.4, -0.2) is 24.4 Å². The first-order valence-electron chi connectivity index (χ1n) is 7.12. The van der Waals surface area contributed by atoms with Crippen molar-refractivity contribution in [1.29, 1.82) is 0 Å². The van der Waals surface area contributed by atoms with Gasteiger partial charge in [0.05, 0.1) is 14.2 Å². The zero-order valence-corrected chi connectivity index (χ0v) is 14.0. The van der Waals surface area contributed by atoms with Crippen LogP contribution in [-0.2, 0) is 5.75 Å². The second-order valence-corrected chi connectivity index (χ2v) is 5.82. The minimum Gasteiger partial charge on any atom is -0.497 e. The molecular weight excluding hydrogens is 331 g/mol. The van der Waals surface area contributed by atoms with Crippen molar-refractivity contribution in [2.75, 3.05) is 14.2 Å². The second kappa shape index (κ2) is 7.35. The van der Waals surface area contributed by atoms with Gasteiger partial charge in [-0.25, -0.2) is 4.39 Å². The normalized spacial score (nSPS) is 10.6. The molecule has 0 bridgehead atoms. The lowest BCUT2D eigenvalue weighted by Gasteiger charge is -2.05. The zero-order chi connectivity index (χ0) is 16.9. The number of hydrogen-bond donors (Lipinski definition) is 0. The van der Waals surface area contributed by atoms with Crippen LogP contribution in [0.5, 0.6) is 11.5 Å². The predicted molar refractivity (Wildman–Crippen MR) is 88.8 cm³/mol. The number of methoxy groups -OCH3 is 2. The van der Waals surface area contributed by atoms with Crippen molar-refractivity contribution in [3.63, 3.8) is 0 Å². The van der Waals surface area contributed by atoms with E-state index < -0.39 is 0 Å². The summed E-state index contributed by atoms with van der Waals surface area (Å²) in [4.78, 5) is 0. The fourth-order valence-corrected chi connectivity index (χ4v) is 2.76. The maximum absolute atomic E-state index is 12.9. The third-order valence-corrected chi connectivity index (χ3v) is 4.17. The van der Waals surface area contributed by atoms with Gasteiger partial charge in [-0.3, -0.25) is 0 Å². The van der Waals surface area contributed by atoms with E-state index in [1.807, 2.05) is 0 Å². The van der Waals surface area contributed by atoms with Crippen LogP contribution in [0, 0.1) is 5.82 Å². The molecular formula is C17H15FN2O3S. The Balaban J connectivity index is 1.74. The fourth-order valence-electron chi connectivity index (χ4n) is 2.04. The van der Waals surface area contributed by atoms with E-state index in [4.69, 9.17) is 13.9 Å². The Kier molecular flexibility index (Phi) is 5.00. The van der Waals surface area contributed by atoms with Gasteiger partial charge in [0.25, 0.3) is 5.22 Å². The van der Waals surface area contributed by atoms with E-state index in [0.29, 0.717) is 33.9 Å².